The lowest BCUT2D eigenvalue weighted by Crippen LogP contribution is -2.18. The highest BCUT2D eigenvalue weighted by Crippen LogP contribution is 2.14. The number of hydrogen-bond donors (Lipinski definition) is 1. The van der Waals surface area contributed by atoms with E-state index in [1.54, 1.807) is 14.2 Å². The second-order valence-corrected chi connectivity index (χ2v) is 7.50. The summed E-state index contributed by atoms with van der Waals surface area (Å²) in [5.41, 5.74) is 0. The predicted molar refractivity (Wildman–Crippen MR) is 102 cm³/mol. The molecule has 0 fully saturated rings. The van der Waals surface area contributed by atoms with Crippen LogP contribution in [0.1, 0.15) is 77.0 Å². The van der Waals surface area contributed by atoms with E-state index in [9.17, 15) is 0 Å². The lowest BCUT2D eigenvalue weighted by atomic mass is 10.1. The highest BCUT2D eigenvalue weighted by Gasteiger charge is 2.04. The lowest BCUT2D eigenvalue weighted by Gasteiger charge is -2.11. The summed E-state index contributed by atoms with van der Waals surface area (Å²) in [6, 6.07) is 0. The van der Waals surface area contributed by atoms with Crippen molar-refractivity contribution in [1.29, 1.82) is 0 Å². The molecule has 0 radical (unpaired) electrons. The molecule has 0 heterocycles. The van der Waals surface area contributed by atoms with Crippen LogP contribution in [0.3, 0.4) is 0 Å². The van der Waals surface area contributed by atoms with Gasteiger partial charge >= 0.3 is 0 Å². The number of ether oxygens (including phenoxy) is 2. The lowest BCUT2D eigenvalue weighted by molar-refractivity contribution is 0.0656. The maximum Gasteiger partial charge on any atom is 0.0892 e. The van der Waals surface area contributed by atoms with Crippen molar-refractivity contribution in [3.05, 3.63) is 0 Å². The zero-order valence-corrected chi connectivity index (χ0v) is 16.4. The molecule has 3 nitrogen and oxygen atoms in total. The zero-order valence-electron chi connectivity index (χ0n) is 15.6. The van der Waals surface area contributed by atoms with Crippen molar-refractivity contribution >= 4 is 11.8 Å². The largest absolute Gasteiger partial charge is 0.394 e. The summed E-state index contributed by atoms with van der Waals surface area (Å²) in [6.07, 6.45) is 16.4. The van der Waals surface area contributed by atoms with Crippen LogP contribution < -0.4 is 0 Å². The number of aliphatic hydroxyl groups excluding tert-OH is 1. The van der Waals surface area contributed by atoms with Crippen LogP contribution in [0.5, 0.6) is 0 Å². The van der Waals surface area contributed by atoms with Crippen molar-refractivity contribution in [1.82, 2.24) is 0 Å². The molecular weight excluding hydrogens is 308 g/mol. The number of thioether (sulfide) groups is 1. The molecule has 0 aliphatic rings. The molecule has 4 heteroatoms. The van der Waals surface area contributed by atoms with Crippen molar-refractivity contribution in [2.24, 2.45) is 0 Å². The first-order valence-electron chi connectivity index (χ1n) is 9.55. The van der Waals surface area contributed by atoms with Gasteiger partial charge in [0.25, 0.3) is 0 Å². The number of methoxy groups -OCH3 is 2. The molecule has 0 aliphatic carbocycles. The minimum Gasteiger partial charge on any atom is -0.394 e. The van der Waals surface area contributed by atoms with Crippen molar-refractivity contribution in [2.45, 2.75) is 83.2 Å². The quantitative estimate of drug-likeness (QED) is 0.331. The standard InChI is InChI=1S/C19H40O3S/c1-21-15-13-11-9-7-5-3-4-6-8-10-12-14-16-23-18-19(17-20)22-2/h19-20H,3-18H2,1-2H3. The average molecular weight is 349 g/mol. The monoisotopic (exact) mass is 348 g/mol. The van der Waals surface area contributed by atoms with Gasteiger partial charge < -0.3 is 14.6 Å². The third-order valence-electron chi connectivity index (χ3n) is 4.23. The fourth-order valence-corrected chi connectivity index (χ4v) is 3.71. The van der Waals surface area contributed by atoms with E-state index in [2.05, 4.69) is 0 Å². The molecule has 0 aliphatic heterocycles. The minimum atomic E-state index is 0.0139. The molecule has 0 amide bonds. The highest BCUT2D eigenvalue weighted by atomic mass is 32.2. The third-order valence-corrected chi connectivity index (χ3v) is 5.41. The molecule has 0 aromatic carbocycles. The van der Waals surface area contributed by atoms with E-state index >= 15 is 0 Å². The summed E-state index contributed by atoms with van der Waals surface area (Å²) in [4.78, 5) is 0. The first-order valence-corrected chi connectivity index (χ1v) is 10.7. The fourth-order valence-electron chi connectivity index (χ4n) is 2.63. The summed E-state index contributed by atoms with van der Waals surface area (Å²) >= 11 is 1.90. The van der Waals surface area contributed by atoms with Gasteiger partial charge in [0.2, 0.25) is 0 Å². The Labute approximate surface area is 148 Å². The number of unbranched alkanes of at least 4 members (excludes halogenated alkanes) is 11. The van der Waals surface area contributed by atoms with Gasteiger partial charge in [-0.3, -0.25) is 0 Å². The SMILES string of the molecule is COCCCCCCCCCCCCCCSCC(CO)OC. The molecule has 0 saturated carbocycles. The molecule has 0 rings (SSSR count). The summed E-state index contributed by atoms with van der Waals surface area (Å²) in [7, 11) is 3.45. The average Bonchev–Trinajstić information content (AvgIpc) is 2.58. The van der Waals surface area contributed by atoms with Gasteiger partial charge in [-0.25, -0.2) is 0 Å². The topological polar surface area (TPSA) is 38.7 Å². The van der Waals surface area contributed by atoms with Crippen molar-refractivity contribution in [3.8, 4) is 0 Å². The van der Waals surface area contributed by atoms with Crippen LogP contribution in [0.4, 0.5) is 0 Å². The molecule has 0 aromatic rings. The molecule has 0 saturated heterocycles. The Morgan fingerprint density at radius 2 is 1.22 bits per heavy atom. The van der Waals surface area contributed by atoms with Gasteiger partial charge in [-0.15, -0.1) is 0 Å². The Hall–Kier alpha value is 0.230. The van der Waals surface area contributed by atoms with E-state index in [0.29, 0.717) is 0 Å². The fraction of sp³-hybridized carbons (Fsp3) is 1.00. The van der Waals surface area contributed by atoms with Crippen LogP contribution in [0, 0.1) is 0 Å². The molecule has 1 N–H and O–H groups in total. The number of rotatable bonds is 19. The number of aliphatic hydroxyl groups is 1. The molecular formula is C19H40O3S. The van der Waals surface area contributed by atoms with E-state index in [0.717, 1.165) is 12.4 Å². The second kappa shape index (κ2) is 20.3. The van der Waals surface area contributed by atoms with Crippen molar-refractivity contribution in [3.63, 3.8) is 0 Å². The van der Waals surface area contributed by atoms with Crippen LogP contribution >= 0.6 is 11.8 Å². The van der Waals surface area contributed by atoms with E-state index in [-0.39, 0.29) is 12.7 Å². The van der Waals surface area contributed by atoms with E-state index in [1.165, 1.54) is 82.8 Å². The zero-order chi connectivity index (χ0) is 17.0. The van der Waals surface area contributed by atoms with Crippen LogP contribution in [-0.4, -0.2) is 50.1 Å². The van der Waals surface area contributed by atoms with Gasteiger partial charge in [0.05, 0.1) is 12.7 Å². The Morgan fingerprint density at radius 1 is 0.739 bits per heavy atom. The van der Waals surface area contributed by atoms with Crippen LogP contribution in [-0.2, 0) is 9.47 Å². The third kappa shape index (κ3) is 18.4. The Bertz CT molecular complexity index is 211. The smallest absolute Gasteiger partial charge is 0.0892 e. The Kier molecular flexibility index (Phi) is 20.5. The maximum absolute atomic E-state index is 9.01. The van der Waals surface area contributed by atoms with Gasteiger partial charge in [-0.05, 0) is 18.6 Å². The maximum atomic E-state index is 9.01. The van der Waals surface area contributed by atoms with Gasteiger partial charge in [0, 0.05) is 26.6 Å². The predicted octanol–water partition coefficient (Wildman–Crippen LogP) is 5.05. The summed E-state index contributed by atoms with van der Waals surface area (Å²) in [5, 5.41) is 9.01. The molecule has 1 atom stereocenters. The minimum absolute atomic E-state index is 0.0139. The van der Waals surface area contributed by atoms with E-state index in [1.807, 2.05) is 11.8 Å². The molecule has 1 unspecified atom stereocenters. The van der Waals surface area contributed by atoms with Crippen LogP contribution in [0.25, 0.3) is 0 Å². The molecule has 0 spiro atoms. The molecule has 0 bridgehead atoms. The summed E-state index contributed by atoms with van der Waals surface area (Å²) < 4.78 is 10.2. The van der Waals surface area contributed by atoms with Gasteiger partial charge in [-0.2, -0.15) is 11.8 Å². The molecule has 140 valence electrons. The van der Waals surface area contributed by atoms with Crippen molar-refractivity contribution < 1.29 is 14.6 Å². The summed E-state index contributed by atoms with van der Waals surface area (Å²) in [6.45, 7) is 1.06. The first-order chi connectivity index (χ1) is 11.3. The van der Waals surface area contributed by atoms with Gasteiger partial charge in [-0.1, -0.05) is 64.2 Å². The molecule has 0 aromatic heterocycles. The van der Waals surface area contributed by atoms with Gasteiger partial charge in [0.15, 0.2) is 0 Å². The Morgan fingerprint density at radius 3 is 1.65 bits per heavy atom. The van der Waals surface area contributed by atoms with Crippen LogP contribution in [0.15, 0.2) is 0 Å². The Balaban J connectivity index is 3.02. The van der Waals surface area contributed by atoms with Crippen LogP contribution in [0.2, 0.25) is 0 Å². The summed E-state index contributed by atoms with van der Waals surface area (Å²) in [5.74, 6) is 2.11. The second-order valence-electron chi connectivity index (χ2n) is 6.35. The van der Waals surface area contributed by atoms with Gasteiger partial charge in [0.1, 0.15) is 0 Å². The first kappa shape index (κ1) is 23.2. The highest BCUT2D eigenvalue weighted by molar-refractivity contribution is 7.99. The van der Waals surface area contributed by atoms with E-state index < -0.39 is 0 Å². The van der Waals surface area contributed by atoms with Crippen molar-refractivity contribution in [2.75, 3.05) is 38.9 Å². The number of hydrogen-bond acceptors (Lipinski definition) is 4. The normalized spacial score (nSPS) is 12.7. The van der Waals surface area contributed by atoms with E-state index in [4.69, 9.17) is 14.6 Å². The molecule has 23 heavy (non-hydrogen) atoms.